The Labute approximate surface area is 265 Å². The van der Waals surface area contributed by atoms with Crippen LogP contribution in [0.3, 0.4) is 0 Å². The number of nitrogens with two attached hydrogens (primary N) is 1. The lowest BCUT2D eigenvalue weighted by molar-refractivity contribution is -0.123. The minimum absolute atomic E-state index is 0.000664. The number of amides is 1. The number of carbonyl (C=O) groups excluding carboxylic acids is 1. The number of methoxy groups -OCH3 is 3. The van der Waals surface area contributed by atoms with Gasteiger partial charge in [-0.15, -0.1) is 0 Å². The lowest BCUT2D eigenvalue weighted by Gasteiger charge is -2.33. The average molecular weight is 635 g/mol. The summed E-state index contributed by atoms with van der Waals surface area (Å²) in [7, 11) is 4.64. The Hall–Kier alpha value is -4.36. The summed E-state index contributed by atoms with van der Waals surface area (Å²) < 4.78 is 21.9. The Morgan fingerprint density at radius 1 is 1.00 bits per heavy atom. The van der Waals surface area contributed by atoms with Crippen molar-refractivity contribution in [2.75, 3.05) is 37.7 Å². The van der Waals surface area contributed by atoms with Crippen LogP contribution in [0, 0.1) is 24.7 Å². The first-order valence-electron chi connectivity index (χ1n) is 15.0. The first kappa shape index (κ1) is 30.7. The Morgan fingerprint density at radius 3 is 2.49 bits per heavy atom. The van der Waals surface area contributed by atoms with Crippen molar-refractivity contribution in [1.29, 1.82) is 0 Å². The quantitative estimate of drug-likeness (QED) is 0.170. The van der Waals surface area contributed by atoms with E-state index in [9.17, 15) is 9.90 Å². The van der Waals surface area contributed by atoms with Crippen molar-refractivity contribution in [1.82, 2.24) is 15.1 Å². The topological polar surface area (TPSA) is 167 Å². The van der Waals surface area contributed by atoms with Crippen molar-refractivity contribution in [3.63, 3.8) is 0 Å². The number of nitrogens with one attached hydrogen (secondary N) is 2. The molecule has 4 aromatic rings. The van der Waals surface area contributed by atoms with Crippen LogP contribution < -0.4 is 30.6 Å². The van der Waals surface area contributed by atoms with Crippen LogP contribution in [0.2, 0.25) is 0 Å². The molecule has 5 N–H and O–H groups in total. The third-order valence-corrected chi connectivity index (χ3v) is 9.82. The zero-order valence-electron chi connectivity index (χ0n) is 25.8. The van der Waals surface area contributed by atoms with Gasteiger partial charge >= 0.3 is 0 Å². The zero-order chi connectivity index (χ0) is 31.7. The number of hydrogen-bond donors (Lipinski definition) is 4. The number of thiazole rings is 1. The summed E-state index contributed by atoms with van der Waals surface area (Å²) in [5.41, 5.74) is 9.25. The highest BCUT2D eigenvalue weighted by Crippen LogP contribution is 2.44. The van der Waals surface area contributed by atoms with E-state index in [0.717, 1.165) is 43.2 Å². The van der Waals surface area contributed by atoms with Crippen molar-refractivity contribution < 1.29 is 28.6 Å². The summed E-state index contributed by atoms with van der Waals surface area (Å²) >= 11 is 1.26. The summed E-state index contributed by atoms with van der Waals surface area (Å²) in [4.78, 5) is 23.0. The van der Waals surface area contributed by atoms with E-state index in [1.807, 2.05) is 25.1 Å². The molecule has 2 aliphatic rings. The Bertz CT molecular complexity index is 1660. The SMILES string of the molecule is COc1cc(Nc2nc(N)c(-c3nc(-c4cc(NC(=O)C5CCC6CCC(O)CC5C6)ccc4C)no3)s2)cc(OC)c1OC. The molecule has 2 aromatic carbocycles. The van der Waals surface area contributed by atoms with Gasteiger partial charge in [0.15, 0.2) is 16.6 Å². The van der Waals surface area contributed by atoms with E-state index in [1.165, 1.54) is 11.3 Å². The molecule has 45 heavy (non-hydrogen) atoms. The fourth-order valence-electron chi connectivity index (χ4n) is 6.54. The van der Waals surface area contributed by atoms with Crippen LogP contribution in [0.5, 0.6) is 17.2 Å². The van der Waals surface area contributed by atoms with Crippen LogP contribution in [0.25, 0.3) is 22.2 Å². The number of carbonyl (C=O) groups is 1. The van der Waals surface area contributed by atoms with Crippen LogP contribution in [-0.2, 0) is 4.79 Å². The number of aromatic nitrogens is 3. The van der Waals surface area contributed by atoms with Gasteiger partial charge in [0.25, 0.3) is 5.89 Å². The molecule has 2 bridgehead atoms. The first-order chi connectivity index (χ1) is 21.8. The standard InChI is InChI=1S/C32H38N6O6S/c1-16-5-8-19(34-30(40)22-10-7-17-6-9-21(39)12-18(22)11-17)13-23(16)29-37-31(44-38-29)27-28(33)36-32(45-27)35-20-14-24(41-2)26(43-4)25(15-20)42-3/h5,8,13-15,17-18,21-22,39H,6-7,9-12,33H2,1-4H3,(H,34,40)(H,35,36). The van der Waals surface area contributed by atoms with Crippen molar-refractivity contribution in [2.24, 2.45) is 17.8 Å². The number of fused-ring (bicyclic) bond motifs is 2. The van der Waals surface area contributed by atoms with Gasteiger partial charge in [0.05, 0.1) is 27.4 Å². The van der Waals surface area contributed by atoms with Crippen LogP contribution in [0.15, 0.2) is 34.9 Å². The summed E-state index contributed by atoms with van der Waals surface area (Å²) in [5.74, 6) is 3.04. The fourth-order valence-corrected chi connectivity index (χ4v) is 7.37. The minimum atomic E-state index is -0.319. The number of aryl methyl sites for hydroxylation is 1. The van der Waals surface area contributed by atoms with Crippen LogP contribution in [0.4, 0.5) is 22.3 Å². The van der Waals surface area contributed by atoms with Gasteiger partial charge in [-0.2, -0.15) is 4.98 Å². The van der Waals surface area contributed by atoms with E-state index in [-0.39, 0.29) is 35.6 Å². The van der Waals surface area contributed by atoms with Gasteiger partial charge in [0.2, 0.25) is 17.5 Å². The van der Waals surface area contributed by atoms with Gasteiger partial charge < -0.3 is 40.2 Å². The highest BCUT2D eigenvalue weighted by Gasteiger charge is 2.38. The number of aliphatic hydroxyl groups excluding tert-OH is 1. The molecule has 6 rings (SSSR count). The van der Waals surface area contributed by atoms with E-state index >= 15 is 0 Å². The van der Waals surface area contributed by atoms with Crippen molar-refractivity contribution in [3.8, 4) is 39.4 Å². The molecule has 0 saturated heterocycles. The van der Waals surface area contributed by atoms with Gasteiger partial charge in [0, 0.05) is 35.0 Å². The summed E-state index contributed by atoms with van der Waals surface area (Å²) in [5, 5.41) is 21.4. The molecule has 4 atom stereocenters. The lowest BCUT2D eigenvalue weighted by Crippen LogP contribution is -2.34. The number of ether oxygens (including phenoxy) is 3. The van der Waals surface area contributed by atoms with Gasteiger partial charge in [-0.25, -0.2) is 4.98 Å². The lowest BCUT2D eigenvalue weighted by atomic mass is 9.73. The maximum absolute atomic E-state index is 13.4. The van der Waals surface area contributed by atoms with E-state index in [2.05, 4.69) is 25.8 Å². The predicted molar refractivity (Wildman–Crippen MR) is 172 cm³/mol. The van der Waals surface area contributed by atoms with Crippen LogP contribution in [-0.4, -0.2) is 53.6 Å². The molecule has 4 unspecified atom stereocenters. The van der Waals surface area contributed by atoms with Gasteiger partial charge in [0.1, 0.15) is 10.7 Å². The monoisotopic (exact) mass is 634 g/mol. The number of anilines is 4. The van der Waals surface area contributed by atoms with Gasteiger partial charge in [-0.3, -0.25) is 4.79 Å². The minimum Gasteiger partial charge on any atom is -0.493 e. The zero-order valence-corrected chi connectivity index (χ0v) is 26.6. The third kappa shape index (κ3) is 6.40. The third-order valence-electron chi connectivity index (χ3n) is 8.85. The van der Waals surface area contributed by atoms with Crippen LogP contribution >= 0.6 is 11.3 Å². The molecule has 2 fully saturated rings. The number of hydrogen-bond acceptors (Lipinski definition) is 12. The van der Waals surface area contributed by atoms with E-state index in [1.54, 1.807) is 33.5 Å². The van der Waals surface area contributed by atoms with Crippen molar-refractivity contribution >= 4 is 39.6 Å². The molecule has 2 heterocycles. The van der Waals surface area contributed by atoms with E-state index in [4.69, 9.17) is 24.5 Å². The van der Waals surface area contributed by atoms with E-state index < -0.39 is 0 Å². The predicted octanol–water partition coefficient (Wildman–Crippen LogP) is 6.04. The molecule has 0 aliphatic heterocycles. The summed E-state index contributed by atoms with van der Waals surface area (Å²) in [6.45, 7) is 1.95. The molecule has 1 amide bonds. The maximum Gasteiger partial charge on any atom is 0.272 e. The number of nitrogens with zero attached hydrogens (tertiary/aromatic N) is 3. The van der Waals surface area contributed by atoms with Gasteiger partial charge in [-0.1, -0.05) is 22.6 Å². The second-order valence-corrected chi connectivity index (χ2v) is 12.7. The van der Waals surface area contributed by atoms with Crippen molar-refractivity contribution in [2.45, 2.75) is 51.6 Å². The molecule has 238 valence electrons. The highest BCUT2D eigenvalue weighted by molar-refractivity contribution is 7.19. The number of aliphatic hydroxyl groups is 1. The summed E-state index contributed by atoms with van der Waals surface area (Å²) in [6.07, 6.45) is 5.17. The molecule has 2 aliphatic carbocycles. The molecular weight excluding hydrogens is 596 g/mol. The molecular formula is C32H38N6O6S. The number of rotatable bonds is 9. The van der Waals surface area contributed by atoms with Crippen molar-refractivity contribution in [3.05, 3.63) is 35.9 Å². The Kier molecular flexibility index (Phi) is 8.81. The molecule has 12 nitrogen and oxygen atoms in total. The second-order valence-electron chi connectivity index (χ2n) is 11.7. The van der Waals surface area contributed by atoms with Crippen LogP contribution in [0.1, 0.15) is 44.1 Å². The molecule has 0 spiro atoms. The number of nitrogen functional groups attached to an aromatic ring is 1. The highest BCUT2D eigenvalue weighted by atomic mass is 32.1. The number of benzene rings is 2. The maximum atomic E-state index is 13.4. The molecule has 13 heteroatoms. The summed E-state index contributed by atoms with van der Waals surface area (Å²) in [6, 6.07) is 9.20. The Balaban J connectivity index is 1.19. The smallest absolute Gasteiger partial charge is 0.272 e. The normalized spacial score (nSPS) is 21.1. The molecule has 2 aromatic heterocycles. The molecule has 0 radical (unpaired) electrons. The van der Waals surface area contributed by atoms with E-state index in [0.29, 0.717) is 56.8 Å². The van der Waals surface area contributed by atoms with Gasteiger partial charge in [-0.05, 0) is 75.0 Å². The molecule has 2 saturated carbocycles. The Morgan fingerprint density at radius 2 is 1.76 bits per heavy atom. The largest absolute Gasteiger partial charge is 0.493 e. The first-order valence-corrected chi connectivity index (χ1v) is 15.8. The fraction of sp³-hybridized carbons (Fsp3) is 0.438. The average Bonchev–Trinajstić information content (AvgIpc) is 3.63. The second kappa shape index (κ2) is 12.9.